The molecule has 5 heteroatoms. The van der Waals surface area contributed by atoms with Crippen LogP contribution in [0.4, 0.5) is 4.39 Å². The van der Waals surface area contributed by atoms with Crippen LogP contribution in [0.2, 0.25) is 0 Å². The van der Waals surface area contributed by atoms with Crippen molar-refractivity contribution in [1.82, 2.24) is 5.32 Å². The van der Waals surface area contributed by atoms with E-state index < -0.39 is 12.0 Å². The van der Waals surface area contributed by atoms with Gasteiger partial charge < -0.3 is 9.52 Å². The number of carbonyl (C=O) groups is 1. The molecular formula is C15H16FNO3. The fraction of sp³-hybridized carbons (Fsp3) is 0.267. The molecule has 0 aliphatic carbocycles. The van der Waals surface area contributed by atoms with Crippen LogP contribution >= 0.6 is 0 Å². The summed E-state index contributed by atoms with van der Waals surface area (Å²) in [6.07, 6.45) is 0. The molecule has 0 fully saturated rings. The van der Waals surface area contributed by atoms with Crippen molar-refractivity contribution in [1.29, 1.82) is 0 Å². The lowest BCUT2D eigenvalue weighted by atomic mass is 10.1. The van der Waals surface area contributed by atoms with Gasteiger partial charge in [0.25, 0.3) is 0 Å². The summed E-state index contributed by atoms with van der Waals surface area (Å²) in [5, 5.41) is 11.6. The minimum Gasteiger partial charge on any atom is -0.480 e. The van der Waals surface area contributed by atoms with Gasteiger partial charge in [0, 0.05) is 5.56 Å². The molecule has 2 rings (SSSR count). The summed E-state index contributed by atoms with van der Waals surface area (Å²) in [4.78, 5) is 10.7. The predicted octanol–water partition coefficient (Wildman–Crippen LogP) is 2.96. The van der Waals surface area contributed by atoms with Gasteiger partial charge in [-0.1, -0.05) is 0 Å². The largest absolute Gasteiger partial charge is 0.480 e. The number of halogens is 1. The Bertz CT molecular complexity index is 621. The summed E-state index contributed by atoms with van der Waals surface area (Å²) in [6, 6.07) is 7.43. The van der Waals surface area contributed by atoms with Crippen LogP contribution in [0.15, 0.2) is 34.7 Å². The molecule has 0 bridgehead atoms. The van der Waals surface area contributed by atoms with Crippen LogP contribution in [0.5, 0.6) is 0 Å². The van der Waals surface area contributed by atoms with Crippen molar-refractivity contribution in [2.75, 3.05) is 0 Å². The Hall–Kier alpha value is -2.14. The van der Waals surface area contributed by atoms with E-state index in [1.54, 1.807) is 25.1 Å². The SMILES string of the molecule is Cc1cc(F)ccc1-c1ccc(CNC(C)C(=O)O)o1. The van der Waals surface area contributed by atoms with E-state index in [9.17, 15) is 9.18 Å². The third-order valence-electron chi connectivity index (χ3n) is 3.07. The van der Waals surface area contributed by atoms with E-state index in [1.807, 2.05) is 6.92 Å². The molecule has 20 heavy (non-hydrogen) atoms. The first-order valence-corrected chi connectivity index (χ1v) is 6.29. The molecule has 4 nitrogen and oxygen atoms in total. The number of aryl methyl sites for hydroxylation is 1. The summed E-state index contributed by atoms with van der Waals surface area (Å²) in [6.45, 7) is 3.70. The van der Waals surface area contributed by atoms with E-state index >= 15 is 0 Å². The molecule has 2 N–H and O–H groups in total. The molecule has 2 aromatic rings. The van der Waals surface area contributed by atoms with Gasteiger partial charge in [0.2, 0.25) is 0 Å². The minimum atomic E-state index is -0.911. The standard InChI is InChI=1S/C15H16FNO3/c1-9-7-11(16)3-5-13(9)14-6-4-12(20-14)8-17-10(2)15(18)19/h3-7,10,17H,8H2,1-2H3,(H,18,19). The van der Waals surface area contributed by atoms with Crippen LogP contribution in [-0.2, 0) is 11.3 Å². The van der Waals surface area contributed by atoms with E-state index in [-0.39, 0.29) is 5.82 Å². The molecule has 0 radical (unpaired) electrons. The maximum absolute atomic E-state index is 13.1. The Labute approximate surface area is 116 Å². The van der Waals surface area contributed by atoms with E-state index in [2.05, 4.69) is 5.32 Å². The fourth-order valence-electron chi connectivity index (χ4n) is 1.86. The number of carboxylic acids is 1. The molecule has 1 aromatic heterocycles. The van der Waals surface area contributed by atoms with Gasteiger partial charge in [-0.05, 0) is 49.7 Å². The lowest BCUT2D eigenvalue weighted by molar-refractivity contribution is -0.139. The smallest absolute Gasteiger partial charge is 0.320 e. The van der Waals surface area contributed by atoms with Crippen LogP contribution < -0.4 is 5.32 Å². The first-order chi connectivity index (χ1) is 9.47. The van der Waals surface area contributed by atoms with Crippen molar-refractivity contribution in [2.24, 2.45) is 0 Å². The highest BCUT2D eigenvalue weighted by Gasteiger charge is 2.12. The molecule has 106 valence electrons. The van der Waals surface area contributed by atoms with Crippen LogP contribution in [0.3, 0.4) is 0 Å². The van der Waals surface area contributed by atoms with Crippen molar-refractivity contribution in [2.45, 2.75) is 26.4 Å². The van der Waals surface area contributed by atoms with Gasteiger partial charge in [-0.3, -0.25) is 10.1 Å². The van der Waals surface area contributed by atoms with Gasteiger partial charge in [0.05, 0.1) is 6.54 Å². The molecule has 0 saturated heterocycles. The van der Waals surface area contributed by atoms with E-state index in [0.717, 1.165) is 11.1 Å². The quantitative estimate of drug-likeness (QED) is 0.882. The topological polar surface area (TPSA) is 62.5 Å². The second-order valence-corrected chi connectivity index (χ2v) is 4.67. The Morgan fingerprint density at radius 1 is 1.40 bits per heavy atom. The number of rotatable bonds is 5. The van der Waals surface area contributed by atoms with Crippen LogP contribution in [0.25, 0.3) is 11.3 Å². The zero-order valence-electron chi connectivity index (χ0n) is 11.3. The average molecular weight is 277 g/mol. The van der Waals surface area contributed by atoms with E-state index in [4.69, 9.17) is 9.52 Å². The molecular weight excluding hydrogens is 261 g/mol. The molecule has 1 unspecified atom stereocenters. The molecule has 0 aliphatic heterocycles. The molecule has 1 atom stereocenters. The molecule has 0 amide bonds. The first kappa shape index (κ1) is 14.3. The van der Waals surface area contributed by atoms with Gasteiger partial charge in [-0.2, -0.15) is 0 Å². The monoisotopic (exact) mass is 277 g/mol. The fourth-order valence-corrected chi connectivity index (χ4v) is 1.86. The van der Waals surface area contributed by atoms with Crippen LogP contribution in [-0.4, -0.2) is 17.1 Å². The second-order valence-electron chi connectivity index (χ2n) is 4.67. The molecule has 0 saturated carbocycles. The number of furan rings is 1. The van der Waals surface area contributed by atoms with Gasteiger partial charge >= 0.3 is 5.97 Å². The summed E-state index contributed by atoms with van der Waals surface area (Å²) in [5.74, 6) is 0.0836. The van der Waals surface area contributed by atoms with Gasteiger partial charge in [-0.25, -0.2) is 4.39 Å². The molecule has 1 aromatic carbocycles. The van der Waals surface area contributed by atoms with Crippen LogP contribution in [0.1, 0.15) is 18.2 Å². The summed E-state index contributed by atoms with van der Waals surface area (Å²) in [7, 11) is 0. The predicted molar refractivity (Wildman–Crippen MR) is 72.8 cm³/mol. The lowest BCUT2D eigenvalue weighted by Crippen LogP contribution is -2.32. The number of carboxylic acid groups (broad SMARTS) is 1. The van der Waals surface area contributed by atoms with Crippen molar-refractivity contribution >= 4 is 5.97 Å². The average Bonchev–Trinajstić information content (AvgIpc) is 2.84. The van der Waals surface area contributed by atoms with Crippen molar-refractivity contribution < 1.29 is 18.7 Å². The maximum atomic E-state index is 13.1. The molecule has 0 aliphatic rings. The van der Waals surface area contributed by atoms with Crippen LogP contribution in [0, 0.1) is 12.7 Å². The maximum Gasteiger partial charge on any atom is 0.320 e. The number of nitrogens with one attached hydrogen (secondary N) is 1. The normalized spacial score (nSPS) is 12.3. The Morgan fingerprint density at radius 3 is 2.80 bits per heavy atom. The zero-order valence-corrected chi connectivity index (χ0v) is 11.3. The lowest BCUT2D eigenvalue weighted by Gasteiger charge is -2.07. The highest BCUT2D eigenvalue weighted by molar-refractivity contribution is 5.72. The highest BCUT2D eigenvalue weighted by Crippen LogP contribution is 2.26. The Kier molecular flexibility index (Phi) is 4.20. The summed E-state index contributed by atoms with van der Waals surface area (Å²) < 4.78 is 18.7. The van der Waals surface area contributed by atoms with E-state index in [0.29, 0.717) is 18.1 Å². The Balaban J connectivity index is 2.10. The third kappa shape index (κ3) is 3.24. The van der Waals surface area contributed by atoms with Gasteiger partial charge in [0.15, 0.2) is 0 Å². The summed E-state index contributed by atoms with van der Waals surface area (Å²) in [5.41, 5.74) is 1.61. The number of aliphatic carboxylic acids is 1. The van der Waals surface area contributed by atoms with Gasteiger partial charge in [0.1, 0.15) is 23.4 Å². The number of hydrogen-bond acceptors (Lipinski definition) is 3. The number of hydrogen-bond donors (Lipinski definition) is 2. The van der Waals surface area contributed by atoms with Gasteiger partial charge in [-0.15, -0.1) is 0 Å². The second kappa shape index (κ2) is 5.88. The molecule has 0 spiro atoms. The first-order valence-electron chi connectivity index (χ1n) is 6.29. The van der Waals surface area contributed by atoms with Crippen molar-refractivity contribution in [3.63, 3.8) is 0 Å². The minimum absolute atomic E-state index is 0.282. The third-order valence-corrected chi connectivity index (χ3v) is 3.07. The molecule has 1 heterocycles. The zero-order chi connectivity index (χ0) is 14.7. The highest BCUT2D eigenvalue weighted by atomic mass is 19.1. The Morgan fingerprint density at radius 2 is 2.15 bits per heavy atom. The van der Waals surface area contributed by atoms with Crippen molar-refractivity contribution in [3.8, 4) is 11.3 Å². The van der Waals surface area contributed by atoms with E-state index in [1.165, 1.54) is 12.1 Å². The van der Waals surface area contributed by atoms with Crippen molar-refractivity contribution in [3.05, 3.63) is 47.5 Å². The summed E-state index contributed by atoms with van der Waals surface area (Å²) >= 11 is 0. The number of benzene rings is 1.